The van der Waals surface area contributed by atoms with Crippen LogP contribution in [0.1, 0.15) is 139 Å². The van der Waals surface area contributed by atoms with Gasteiger partial charge in [0.2, 0.25) is 18.9 Å². The average molecular weight is 1300 g/mol. The lowest BCUT2D eigenvalue weighted by atomic mass is 9.90. The molecule has 2 aliphatic rings. The zero-order valence-electron chi connectivity index (χ0n) is 53.8. The third-order valence-electron chi connectivity index (χ3n) is 15.7. The molecule has 0 saturated heterocycles. The molecule has 3 unspecified atom stereocenters. The van der Waals surface area contributed by atoms with Crippen LogP contribution < -0.4 is 9.47 Å². The van der Waals surface area contributed by atoms with E-state index >= 15 is 0 Å². The minimum absolute atomic E-state index is 0.0336. The summed E-state index contributed by atoms with van der Waals surface area (Å²) in [6.45, 7) is 5.84. The van der Waals surface area contributed by atoms with Crippen LogP contribution in [0.15, 0.2) is 146 Å². The minimum atomic E-state index is -3.44. The molecule has 6 rings (SSSR count). The summed E-state index contributed by atoms with van der Waals surface area (Å²) in [6.07, 6.45) is 14.5. The van der Waals surface area contributed by atoms with Crippen molar-refractivity contribution in [2.24, 2.45) is 23.7 Å². The smallest absolute Gasteiger partial charge is 0.309 e. The van der Waals surface area contributed by atoms with Gasteiger partial charge in [-0.25, -0.2) is 0 Å². The maximum Gasteiger partial charge on any atom is 0.309 e. The lowest BCUT2D eigenvalue weighted by Gasteiger charge is -2.21. The molecule has 0 bridgehead atoms. The zero-order valence-corrected chi connectivity index (χ0v) is 54.7. The standard InChI is InChI=1S/C35H42F2O6.C28H32O6.C9H17F2O3P/c1-3-4-22-35(36,37)33(39)21-20-30-29(31(38)23-32(30)42-24-27-16-18-28(41-2)19-17-27)14-10-5-6-11-15-34(40)43-25-26-12-8-7-9-13-26;1-32-23-15-13-22(14-16-23)19-33-27-17-26(30)24(25(27)18-29)11-7-2-3-8-12-28(31)34-20-21-9-5-4-6-10-21;1-4-5-6-9(10,11)8(12)7-15(3,13)14-2/h5,7-10,12-13,16-21,29-30,32H,3-4,6,11,14-15,22-25H2,1-2H3;2,4-7,9-10,13-16,18,24-25,27H,3,8,11-12,17,19-20H2,1H3;4-7H2,1-3H3/b10-5-,21-20+;7-2-;/t29-,30-,32?;24-,25-,27?;/m11./s1. The Morgan fingerprint density at radius 1 is 0.554 bits per heavy atom. The molecule has 20 heteroatoms. The van der Waals surface area contributed by atoms with Gasteiger partial charge >= 0.3 is 23.8 Å². The fourth-order valence-corrected chi connectivity index (χ4v) is 10.9. The summed E-state index contributed by atoms with van der Waals surface area (Å²) < 4.78 is 104. The van der Waals surface area contributed by atoms with E-state index in [1.807, 2.05) is 133 Å². The molecule has 0 heterocycles. The monoisotopic (exact) mass is 1300 g/mol. The van der Waals surface area contributed by atoms with E-state index < -0.39 is 79.7 Å². The number of alkyl halides is 4. The molecule has 4 aromatic rings. The quantitative estimate of drug-likeness (QED) is 0.00779. The van der Waals surface area contributed by atoms with Gasteiger partial charge in [0.05, 0.1) is 51.7 Å². The van der Waals surface area contributed by atoms with Crippen molar-refractivity contribution < 1.29 is 88.6 Å². The van der Waals surface area contributed by atoms with Crippen molar-refractivity contribution in [1.82, 2.24) is 0 Å². The van der Waals surface area contributed by atoms with Gasteiger partial charge in [0, 0.05) is 70.1 Å². The molecule has 92 heavy (non-hydrogen) atoms. The summed E-state index contributed by atoms with van der Waals surface area (Å²) in [5, 5.41) is 0. The normalized spacial score (nSPS) is 18.8. The molecule has 2 saturated carbocycles. The van der Waals surface area contributed by atoms with E-state index in [1.165, 1.54) is 12.7 Å². The Morgan fingerprint density at radius 3 is 1.38 bits per heavy atom. The fourth-order valence-electron chi connectivity index (χ4n) is 10.0. The number of halogens is 4. The Kier molecular flexibility index (Phi) is 34.8. The lowest BCUT2D eigenvalue weighted by molar-refractivity contribution is -0.145. The number of hydrogen-bond donors (Lipinski definition) is 0. The van der Waals surface area contributed by atoms with Crippen LogP contribution in [0, 0.1) is 23.7 Å². The number of hydrogen-bond acceptors (Lipinski definition) is 15. The maximum absolute atomic E-state index is 14.3. The van der Waals surface area contributed by atoms with Crippen LogP contribution in [-0.2, 0) is 88.0 Å². The molecule has 7 atom stereocenters. The molecule has 0 amide bonds. The lowest BCUT2D eigenvalue weighted by Crippen LogP contribution is -2.31. The molecule has 0 spiro atoms. The highest BCUT2D eigenvalue weighted by molar-refractivity contribution is 7.59. The van der Waals surface area contributed by atoms with E-state index in [-0.39, 0.29) is 81.3 Å². The zero-order chi connectivity index (χ0) is 67.4. The molecule has 0 aromatic heterocycles. The molecule has 4 aromatic carbocycles. The molecule has 0 radical (unpaired) electrons. The van der Waals surface area contributed by atoms with Gasteiger partial charge in [-0.05, 0) is 104 Å². The maximum atomic E-state index is 14.3. The predicted molar refractivity (Wildman–Crippen MR) is 344 cm³/mol. The molecule has 0 aliphatic heterocycles. The topological polar surface area (TPSA) is 201 Å². The van der Waals surface area contributed by atoms with Gasteiger partial charge < -0.3 is 37.7 Å². The summed E-state index contributed by atoms with van der Waals surface area (Å²) in [6, 6.07) is 33.9. The van der Waals surface area contributed by atoms with E-state index in [9.17, 15) is 55.7 Å². The summed E-state index contributed by atoms with van der Waals surface area (Å²) in [7, 11) is 1.15. The van der Waals surface area contributed by atoms with Crippen molar-refractivity contribution in [2.75, 3.05) is 34.2 Å². The Hall–Kier alpha value is -7.18. The number of allylic oxidation sites excluding steroid dienone is 5. The minimum Gasteiger partial charge on any atom is -0.497 e. The third-order valence-corrected chi connectivity index (χ3v) is 17.3. The molecule has 0 N–H and O–H groups in total. The number of carbonyl (C=O) groups excluding carboxylic acids is 7. The molecular formula is C72H91F4O15P. The molecular weight excluding hydrogens is 1210 g/mol. The number of ether oxygens (including phenoxy) is 6. The summed E-state index contributed by atoms with van der Waals surface area (Å²) in [4.78, 5) is 84.6. The second-order valence-electron chi connectivity index (χ2n) is 22.8. The predicted octanol–water partition coefficient (Wildman–Crippen LogP) is 15.4. The number of benzene rings is 4. The van der Waals surface area contributed by atoms with Crippen LogP contribution in [0.3, 0.4) is 0 Å². The largest absolute Gasteiger partial charge is 0.497 e. The second-order valence-corrected chi connectivity index (χ2v) is 25.6. The summed E-state index contributed by atoms with van der Waals surface area (Å²) >= 11 is 0. The summed E-state index contributed by atoms with van der Waals surface area (Å²) in [5.41, 5.74) is 3.73. The van der Waals surface area contributed by atoms with E-state index in [2.05, 4.69) is 4.52 Å². The first-order valence-corrected chi connectivity index (χ1v) is 33.7. The second kappa shape index (κ2) is 41.4. The number of aldehydes is 1. The number of esters is 2. The Labute approximate surface area is 539 Å². The fraction of sp³-hybridized carbons (Fsp3) is 0.486. The van der Waals surface area contributed by atoms with Crippen molar-refractivity contribution in [3.63, 3.8) is 0 Å². The molecule has 2 aliphatic carbocycles. The van der Waals surface area contributed by atoms with E-state index in [1.54, 1.807) is 28.1 Å². The first-order valence-electron chi connectivity index (χ1n) is 31.4. The van der Waals surface area contributed by atoms with Gasteiger partial charge in [0.25, 0.3) is 0 Å². The van der Waals surface area contributed by atoms with E-state index in [0.29, 0.717) is 70.1 Å². The van der Waals surface area contributed by atoms with E-state index in [4.69, 9.17) is 28.4 Å². The van der Waals surface area contributed by atoms with Crippen molar-refractivity contribution in [2.45, 2.75) is 167 Å². The van der Waals surface area contributed by atoms with Crippen LogP contribution in [0.5, 0.6) is 11.5 Å². The highest BCUT2D eigenvalue weighted by Crippen LogP contribution is 2.43. The van der Waals surface area contributed by atoms with Crippen LogP contribution in [0.25, 0.3) is 0 Å². The van der Waals surface area contributed by atoms with Gasteiger partial charge in [-0.1, -0.05) is 142 Å². The molecule has 2 fully saturated rings. The van der Waals surface area contributed by atoms with Crippen LogP contribution >= 0.6 is 7.37 Å². The Bertz CT molecular complexity index is 3030. The molecule has 502 valence electrons. The third kappa shape index (κ3) is 28.4. The highest BCUT2D eigenvalue weighted by atomic mass is 31.2. The van der Waals surface area contributed by atoms with Gasteiger partial charge in [0.1, 0.15) is 42.6 Å². The van der Waals surface area contributed by atoms with Gasteiger partial charge in [0.15, 0.2) is 0 Å². The number of rotatable bonds is 38. The van der Waals surface area contributed by atoms with Crippen LogP contribution in [-0.4, -0.2) is 99.6 Å². The van der Waals surface area contributed by atoms with Crippen molar-refractivity contribution in [3.8, 4) is 11.5 Å². The molecule has 15 nitrogen and oxygen atoms in total. The Balaban J connectivity index is 0.000000327. The van der Waals surface area contributed by atoms with Crippen molar-refractivity contribution in [1.29, 1.82) is 0 Å². The first kappa shape index (κ1) is 77.3. The highest BCUT2D eigenvalue weighted by Gasteiger charge is 2.44. The number of Topliss-reactive ketones (excluding diaryl/α,β-unsaturated/α-hetero) is 3. The van der Waals surface area contributed by atoms with Crippen LogP contribution in [0.4, 0.5) is 17.6 Å². The number of unbranched alkanes of at least 4 members (excludes halogenated alkanes) is 4. The summed E-state index contributed by atoms with van der Waals surface area (Å²) in [5.74, 6) is -10.2. The van der Waals surface area contributed by atoms with Gasteiger partial charge in [-0.3, -0.25) is 33.3 Å². The SMILES string of the molecule is CCCCC(F)(F)C(=O)/C=C/[C@H]1C(OCc2ccc(OC)cc2)CC(=O)[C@@H]1C/C=C\CCCC(=O)OCc1ccccc1.CCCCC(F)(F)C(=O)CP(C)(=O)OC.COc1ccc(COC2CC(=O)[C@H](C/C=C\CCCC(=O)OCc3ccccc3)[C@H]2C=O)cc1. The van der Waals surface area contributed by atoms with Gasteiger partial charge in [-0.2, -0.15) is 17.6 Å². The number of methoxy groups -OCH3 is 2. The van der Waals surface area contributed by atoms with Crippen molar-refractivity contribution >= 4 is 48.7 Å². The van der Waals surface area contributed by atoms with Crippen LogP contribution in [0.2, 0.25) is 0 Å². The Morgan fingerprint density at radius 2 is 0.967 bits per heavy atom. The van der Waals surface area contributed by atoms with E-state index in [0.717, 1.165) is 47.5 Å². The van der Waals surface area contributed by atoms with Gasteiger partial charge in [-0.15, -0.1) is 0 Å². The first-order chi connectivity index (χ1) is 44.1. The number of ketones is 4. The van der Waals surface area contributed by atoms with Crippen molar-refractivity contribution in [3.05, 3.63) is 168 Å². The number of carbonyl (C=O) groups is 7. The average Bonchev–Trinajstić information content (AvgIpc) is 1.72.